The third-order valence-corrected chi connectivity index (χ3v) is 6.36. The van der Waals surface area contributed by atoms with E-state index < -0.39 is 0 Å². The number of hydrogen-bond acceptors (Lipinski definition) is 4. The van der Waals surface area contributed by atoms with Crippen LogP contribution in [0.2, 0.25) is 5.02 Å². The van der Waals surface area contributed by atoms with Gasteiger partial charge >= 0.3 is 0 Å². The van der Waals surface area contributed by atoms with Crippen LogP contribution in [0.3, 0.4) is 0 Å². The molecule has 0 aliphatic carbocycles. The van der Waals surface area contributed by atoms with Crippen LogP contribution in [-0.4, -0.2) is 27.1 Å². The molecule has 2 aromatic heterocycles. The molecule has 1 amide bonds. The summed E-state index contributed by atoms with van der Waals surface area (Å²) in [5.74, 6) is 0.630. The first-order valence-electron chi connectivity index (χ1n) is 11.0. The second-order valence-electron chi connectivity index (χ2n) is 8.29. The normalized spacial score (nSPS) is 11.1. The minimum atomic E-state index is -0.160. The van der Waals surface area contributed by atoms with E-state index in [4.69, 9.17) is 16.3 Å². The number of methoxy groups -OCH3 is 1. The predicted molar refractivity (Wildman–Crippen MR) is 134 cm³/mol. The quantitative estimate of drug-likeness (QED) is 0.425. The van der Waals surface area contributed by atoms with Gasteiger partial charge in [0, 0.05) is 30.2 Å². The molecule has 0 unspecified atom stereocenters. The lowest BCUT2D eigenvalue weighted by molar-refractivity contribution is -0.121. The molecule has 2 aromatic carbocycles. The van der Waals surface area contributed by atoms with Crippen molar-refractivity contribution in [1.29, 1.82) is 0 Å². The maximum absolute atomic E-state index is 13.3. The van der Waals surface area contributed by atoms with Gasteiger partial charge in [0.25, 0.3) is 5.56 Å². The molecule has 0 saturated carbocycles. The van der Waals surface area contributed by atoms with Crippen molar-refractivity contribution in [3.05, 3.63) is 86.6 Å². The lowest BCUT2D eigenvalue weighted by Crippen LogP contribution is -2.27. The van der Waals surface area contributed by atoms with Crippen LogP contribution in [0.5, 0.6) is 5.75 Å². The van der Waals surface area contributed by atoms with Gasteiger partial charge in [0.1, 0.15) is 5.75 Å². The maximum Gasteiger partial charge on any atom is 0.263 e. The molecule has 0 aliphatic rings. The van der Waals surface area contributed by atoms with Crippen LogP contribution in [0.25, 0.3) is 16.7 Å². The van der Waals surface area contributed by atoms with Crippen molar-refractivity contribution in [2.75, 3.05) is 7.11 Å². The monoisotopic (exact) mass is 478 g/mol. The van der Waals surface area contributed by atoms with Crippen molar-refractivity contribution < 1.29 is 9.53 Å². The number of carbonyl (C=O) groups excluding carboxylic acids is 1. The molecule has 4 rings (SSSR count). The summed E-state index contributed by atoms with van der Waals surface area (Å²) < 4.78 is 8.61. The van der Waals surface area contributed by atoms with Gasteiger partial charge in [-0.3, -0.25) is 18.7 Å². The second-order valence-corrected chi connectivity index (χ2v) is 8.73. The SMILES string of the molecule is COc1ccc(CNC(=O)CCn2cnc3c(c(C)c(C)n3-c3cc(Cl)ccc3C)c2=O)cc1. The fourth-order valence-electron chi connectivity index (χ4n) is 4.02. The third-order valence-electron chi connectivity index (χ3n) is 6.12. The first-order chi connectivity index (χ1) is 16.3. The molecule has 0 atom stereocenters. The molecule has 0 radical (unpaired) electrons. The van der Waals surface area contributed by atoms with E-state index in [9.17, 15) is 9.59 Å². The lowest BCUT2D eigenvalue weighted by Gasteiger charge is -2.12. The van der Waals surface area contributed by atoms with Gasteiger partial charge < -0.3 is 10.1 Å². The van der Waals surface area contributed by atoms with E-state index in [-0.39, 0.29) is 24.4 Å². The fourth-order valence-corrected chi connectivity index (χ4v) is 4.18. The highest BCUT2D eigenvalue weighted by Gasteiger charge is 2.19. The topological polar surface area (TPSA) is 78.2 Å². The number of aryl methyl sites for hydroxylation is 3. The Balaban J connectivity index is 1.53. The van der Waals surface area contributed by atoms with E-state index in [1.54, 1.807) is 7.11 Å². The van der Waals surface area contributed by atoms with Crippen molar-refractivity contribution in [3.8, 4) is 11.4 Å². The summed E-state index contributed by atoms with van der Waals surface area (Å²) >= 11 is 6.24. The Labute approximate surface area is 203 Å². The van der Waals surface area contributed by atoms with Gasteiger partial charge in [-0.05, 0) is 61.7 Å². The molecule has 0 saturated heterocycles. The summed E-state index contributed by atoms with van der Waals surface area (Å²) in [6, 6.07) is 13.2. The van der Waals surface area contributed by atoms with Gasteiger partial charge in [0.2, 0.25) is 5.91 Å². The Kier molecular flexibility index (Phi) is 6.75. The number of hydrogen-bond donors (Lipinski definition) is 1. The molecule has 0 bridgehead atoms. The van der Waals surface area contributed by atoms with Crippen LogP contribution in [0.15, 0.2) is 53.6 Å². The van der Waals surface area contributed by atoms with E-state index in [1.165, 1.54) is 10.9 Å². The summed E-state index contributed by atoms with van der Waals surface area (Å²) in [4.78, 5) is 30.3. The first kappa shape index (κ1) is 23.6. The number of ether oxygens (including phenoxy) is 1. The van der Waals surface area contributed by atoms with Gasteiger partial charge in [0.05, 0.1) is 24.5 Å². The molecule has 2 heterocycles. The summed E-state index contributed by atoms with van der Waals surface area (Å²) in [5, 5.41) is 4.06. The highest BCUT2D eigenvalue weighted by Crippen LogP contribution is 2.28. The van der Waals surface area contributed by atoms with Crippen LogP contribution in [0.4, 0.5) is 0 Å². The van der Waals surface area contributed by atoms with Crippen LogP contribution in [0, 0.1) is 20.8 Å². The molecule has 7 nitrogen and oxygen atoms in total. The zero-order valence-corrected chi connectivity index (χ0v) is 20.4. The van der Waals surface area contributed by atoms with E-state index in [1.807, 2.05) is 67.8 Å². The van der Waals surface area contributed by atoms with Crippen molar-refractivity contribution in [1.82, 2.24) is 19.4 Å². The van der Waals surface area contributed by atoms with E-state index >= 15 is 0 Å². The number of rotatable bonds is 7. The molecular weight excluding hydrogens is 452 g/mol. The lowest BCUT2D eigenvalue weighted by atomic mass is 10.2. The number of benzene rings is 2. The zero-order chi connectivity index (χ0) is 24.4. The average Bonchev–Trinajstić information content (AvgIpc) is 3.09. The number of amides is 1. The van der Waals surface area contributed by atoms with Crippen molar-refractivity contribution in [2.24, 2.45) is 0 Å². The van der Waals surface area contributed by atoms with E-state index in [0.29, 0.717) is 22.6 Å². The Bertz CT molecular complexity index is 1420. The van der Waals surface area contributed by atoms with E-state index in [0.717, 1.165) is 33.8 Å². The van der Waals surface area contributed by atoms with Gasteiger partial charge in [-0.15, -0.1) is 0 Å². The Morgan fingerprint density at radius 1 is 1.12 bits per heavy atom. The molecule has 0 aliphatic heterocycles. The maximum atomic E-state index is 13.3. The zero-order valence-electron chi connectivity index (χ0n) is 19.7. The number of nitrogens with one attached hydrogen (secondary N) is 1. The highest BCUT2D eigenvalue weighted by atomic mass is 35.5. The predicted octanol–water partition coefficient (Wildman–Crippen LogP) is 4.48. The summed E-state index contributed by atoms with van der Waals surface area (Å²) in [5.41, 5.74) is 5.12. The van der Waals surface area contributed by atoms with Gasteiger partial charge in [-0.25, -0.2) is 4.98 Å². The standard InChI is InChI=1S/C26H27ClN4O3/c1-16-5-8-20(27)13-22(16)31-18(3)17(2)24-25(31)29-15-30(26(24)33)12-11-23(32)28-14-19-6-9-21(34-4)10-7-19/h5-10,13,15H,11-12,14H2,1-4H3,(H,28,32). The number of fused-ring (bicyclic) bond motifs is 1. The second kappa shape index (κ2) is 9.73. The highest BCUT2D eigenvalue weighted by molar-refractivity contribution is 6.30. The van der Waals surface area contributed by atoms with Crippen LogP contribution >= 0.6 is 11.6 Å². The average molecular weight is 479 g/mol. The summed E-state index contributed by atoms with van der Waals surface area (Å²) in [6.45, 7) is 6.54. The number of carbonyl (C=O) groups is 1. The molecule has 0 fully saturated rings. The smallest absolute Gasteiger partial charge is 0.263 e. The van der Waals surface area contributed by atoms with E-state index in [2.05, 4.69) is 10.3 Å². The minimum absolute atomic E-state index is 0.136. The number of aromatic nitrogens is 3. The van der Waals surface area contributed by atoms with Crippen LogP contribution < -0.4 is 15.6 Å². The van der Waals surface area contributed by atoms with Crippen molar-refractivity contribution >= 4 is 28.5 Å². The van der Waals surface area contributed by atoms with Crippen LogP contribution in [0.1, 0.15) is 28.8 Å². The Morgan fingerprint density at radius 2 is 1.85 bits per heavy atom. The molecule has 0 spiro atoms. The molecule has 1 N–H and O–H groups in total. The molecule has 34 heavy (non-hydrogen) atoms. The number of nitrogens with zero attached hydrogens (tertiary/aromatic N) is 3. The Hall–Kier alpha value is -3.58. The van der Waals surface area contributed by atoms with Crippen LogP contribution in [-0.2, 0) is 17.9 Å². The largest absolute Gasteiger partial charge is 0.497 e. The molecule has 4 aromatic rings. The summed E-state index contributed by atoms with van der Waals surface area (Å²) in [7, 11) is 1.61. The third kappa shape index (κ3) is 4.56. The first-order valence-corrected chi connectivity index (χ1v) is 11.4. The summed E-state index contributed by atoms with van der Waals surface area (Å²) in [6.07, 6.45) is 1.69. The van der Waals surface area contributed by atoms with Gasteiger partial charge in [0.15, 0.2) is 5.65 Å². The molecule has 8 heteroatoms. The van der Waals surface area contributed by atoms with Crippen molar-refractivity contribution in [2.45, 2.75) is 40.3 Å². The van der Waals surface area contributed by atoms with Gasteiger partial charge in [-0.1, -0.05) is 29.8 Å². The number of halogens is 1. The van der Waals surface area contributed by atoms with Crippen molar-refractivity contribution in [3.63, 3.8) is 0 Å². The fraction of sp³-hybridized carbons (Fsp3) is 0.269. The minimum Gasteiger partial charge on any atom is -0.497 e. The molecular formula is C26H27ClN4O3. The molecule has 176 valence electrons. The van der Waals surface area contributed by atoms with Gasteiger partial charge in [-0.2, -0.15) is 0 Å². The Morgan fingerprint density at radius 3 is 2.56 bits per heavy atom.